The van der Waals surface area contributed by atoms with Crippen molar-refractivity contribution >= 4 is 49.3 Å². The van der Waals surface area contributed by atoms with Gasteiger partial charge in [0.2, 0.25) is 0 Å². The average molecular weight is 365 g/mol. The normalized spacial score (nSPS) is 10.7. The molecule has 0 aliphatic rings. The van der Waals surface area contributed by atoms with Crippen LogP contribution in [0.2, 0.25) is 5.02 Å². The first-order chi connectivity index (χ1) is 7.56. The Labute approximate surface area is 115 Å². The highest BCUT2D eigenvalue weighted by molar-refractivity contribution is 9.10. The van der Waals surface area contributed by atoms with Crippen molar-refractivity contribution < 1.29 is 0 Å². The summed E-state index contributed by atoms with van der Waals surface area (Å²) in [6.07, 6.45) is 1.83. The zero-order chi connectivity index (χ0) is 11.7. The molecule has 0 spiro atoms. The van der Waals surface area contributed by atoms with Crippen molar-refractivity contribution in [3.05, 3.63) is 43.9 Å². The first kappa shape index (κ1) is 12.0. The van der Waals surface area contributed by atoms with Gasteiger partial charge in [0.05, 0.1) is 11.0 Å². The van der Waals surface area contributed by atoms with Crippen LogP contribution in [-0.2, 0) is 6.54 Å². The maximum atomic E-state index is 6.11. The molecule has 16 heavy (non-hydrogen) atoms. The lowest BCUT2D eigenvalue weighted by atomic mass is 10.2. The van der Waals surface area contributed by atoms with Gasteiger partial charge in [-0.1, -0.05) is 33.6 Å². The minimum Gasteiger partial charge on any atom is -0.381 e. The first-order valence-electron chi connectivity index (χ1n) is 4.48. The predicted octanol–water partition coefficient (Wildman–Crippen LogP) is 3.69. The first-order valence-corrected chi connectivity index (χ1v) is 6.45. The van der Waals surface area contributed by atoms with Gasteiger partial charge in [0, 0.05) is 15.7 Å². The minimum absolute atomic E-state index is 0.480. The minimum atomic E-state index is 0.480. The lowest BCUT2D eigenvalue weighted by molar-refractivity contribution is 0.690. The van der Waals surface area contributed by atoms with E-state index in [0.717, 1.165) is 14.5 Å². The molecule has 0 unspecified atom stereocenters. The molecule has 0 saturated heterocycles. The van der Waals surface area contributed by atoms with Gasteiger partial charge in [-0.2, -0.15) is 5.10 Å². The molecule has 2 N–H and O–H groups in total. The Morgan fingerprint density at radius 3 is 2.69 bits per heavy atom. The maximum absolute atomic E-state index is 6.11. The molecule has 0 radical (unpaired) electrons. The van der Waals surface area contributed by atoms with E-state index in [1.165, 1.54) is 0 Å². The number of hydrogen-bond acceptors (Lipinski definition) is 2. The van der Waals surface area contributed by atoms with E-state index in [-0.39, 0.29) is 0 Å². The highest BCUT2D eigenvalue weighted by Crippen LogP contribution is 2.23. The summed E-state index contributed by atoms with van der Waals surface area (Å²) in [7, 11) is 0. The number of benzene rings is 1. The number of rotatable bonds is 2. The second-order valence-electron chi connectivity index (χ2n) is 3.30. The van der Waals surface area contributed by atoms with Crippen LogP contribution in [0.15, 0.2) is 33.3 Å². The lowest BCUT2D eigenvalue weighted by Gasteiger charge is -2.04. The van der Waals surface area contributed by atoms with Crippen LogP contribution in [0.5, 0.6) is 0 Å². The highest BCUT2D eigenvalue weighted by Gasteiger charge is 2.05. The van der Waals surface area contributed by atoms with E-state index in [0.29, 0.717) is 17.4 Å². The number of halogens is 3. The third-order valence-corrected chi connectivity index (χ3v) is 3.55. The molecular formula is C10H8Br2ClN3. The predicted molar refractivity (Wildman–Crippen MR) is 72.6 cm³/mol. The van der Waals surface area contributed by atoms with Crippen LogP contribution < -0.4 is 5.73 Å². The van der Waals surface area contributed by atoms with E-state index in [2.05, 4.69) is 37.0 Å². The standard InChI is InChI=1S/C10H8Br2ClN3/c11-7-2-1-6(9(13)3-7)4-16-5-8(12)10(14)15-16/h1-3,5H,4H2,(H2,14,15). The van der Waals surface area contributed by atoms with Gasteiger partial charge in [-0.3, -0.25) is 4.68 Å². The number of anilines is 1. The van der Waals surface area contributed by atoms with E-state index in [1.807, 2.05) is 24.4 Å². The largest absolute Gasteiger partial charge is 0.381 e. The van der Waals surface area contributed by atoms with Gasteiger partial charge in [-0.15, -0.1) is 0 Å². The number of nitrogens with two attached hydrogens (primary N) is 1. The number of nitrogens with zero attached hydrogens (tertiary/aromatic N) is 2. The van der Waals surface area contributed by atoms with Crippen LogP contribution in [0.25, 0.3) is 0 Å². The van der Waals surface area contributed by atoms with Gasteiger partial charge in [0.25, 0.3) is 0 Å². The summed E-state index contributed by atoms with van der Waals surface area (Å²) in [6, 6.07) is 5.76. The average Bonchev–Trinajstić information content (AvgIpc) is 2.51. The molecule has 1 heterocycles. The fraction of sp³-hybridized carbons (Fsp3) is 0.100. The van der Waals surface area contributed by atoms with E-state index >= 15 is 0 Å². The van der Waals surface area contributed by atoms with Gasteiger partial charge in [0.1, 0.15) is 0 Å². The Morgan fingerprint density at radius 1 is 1.38 bits per heavy atom. The molecule has 0 aliphatic heterocycles. The fourth-order valence-corrected chi connectivity index (χ4v) is 2.37. The molecule has 2 rings (SSSR count). The Kier molecular flexibility index (Phi) is 3.56. The molecule has 0 aliphatic carbocycles. The second-order valence-corrected chi connectivity index (χ2v) is 5.47. The highest BCUT2D eigenvalue weighted by atomic mass is 79.9. The summed E-state index contributed by atoms with van der Waals surface area (Å²) in [5.74, 6) is 0.480. The molecule has 84 valence electrons. The summed E-state index contributed by atoms with van der Waals surface area (Å²) in [4.78, 5) is 0. The third kappa shape index (κ3) is 2.59. The fourth-order valence-electron chi connectivity index (χ4n) is 1.32. The topological polar surface area (TPSA) is 43.8 Å². The molecule has 3 nitrogen and oxygen atoms in total. The Morgan fingerprint density at radius 2 is 2.12 bits per heavy atom. The van der Waals surface area contributed by atoms with Crippen LogP contribution in [0.1, 0.15) is 5.56 Å². The van der Waals surface area contributed by atoms with E-state index in [9.17, 15) is 0 Å². The smallest absolute Gasteiger partial charge is 0.159 e. The molecule has 0 fully saturated rings. The van der Waals surface area contributed by atoms with Crippen molar-refractivity contribution in [2.75, 3.05) is 5.73 Å². The summed E-state index contributed by atoms with van der Waals surface area (Å²) in [5.41, 5.74) is 6.64. The SMILES string of the molecule is Nc1nn(Cc2ccc(Br)cc2Cl)cc1Br. The molecule has 0 saturated carbocycles. The lowest BCUT2D eigenvalue weighted by Crippen LogP contribution is -2.01. The zero-order valence-electron chi connectivity index (χ0n) is 8.12. The van der Waals surface area contributed by atoms with Crippen molar-refractivity contribution in [2.24, 2.45) is 0 Å². The Balaban J connectivity index is 2.27. The third-order valence-electron chi connectivity index (χ3n) is 2.09. The van der Waals surface area contributed by atoms with E-state index in [4.69, 9.17) is 17.3 Å². The van der Waals surface area contributed by atoms with Crippen molar-refractivity contribution in [1.29, 1.82) is 0 Å². The van der Waals surface area contributed by atoms with Crippen LogP contribution in [-0.4, -0.2) is 9.78 Å². The maximum Gasteiger partial charge on any atom is 0.159 e. The monoisotopic (exact) mass is 363 g/mol. The van der Waals surface area contributed by atoms with Gasteiger partial charge < -0.3 is 5.73 Å². The summed E-state index contributed by atoms with van der Waals surface area (Å²) >= 11 is 12.8. The van der Waals surface area contributed by atoms with Crippen LogP contribution in [0.3, 0.4) is 0 Å². The molecule has 0 amide bonds. The molecule has 0 bridgehead atoms. The van der Waals surface area contributed by atoms with Gasteiger partial charge in [0.15, 0.2) is 5.82 Å². The molecule has 1 aromatic carbocycles. The van der Waals surface area contributed by atoms with E-state index < -0.39 is 0 Å². The zero-order valence-corrected chi connectivity index (χ0v) is 12.1. The Bertz CT molecular complexity index is 505. The number of aromatic nitrogens is 2. The van der Waals surface area contributed by atoms with E-state index in [1.54, 1.807) is 4.68 Å². The summed E-state index contributed by atoms with van der Waals surface area (Å²) in [6.45, 7) is 0.599. The molecule has 6 heteroatoms. The van der Waals surface area contributed by atoms with Gasteiger partial charge in [-0.25, -0.2) is 0 Å². The Hall–Kier alpha value is -0.520. The van der Waals surface area contributed by atoms with Gasteiger partial charge >= 0.3 is 0 Å². The van der Waals surface area contributed by atoms with Crippen LogP contribution >= 0.6 is 43.5 Å². The van der Waals surface area contributed by atoms with Crippen LogP contribution in [0.4, 0.5) is 5.82 Å². The number of hydrogen-bond donors (Lipinski definition) is 1. The summed E-state index contributed by atoms with van der Waals surface area (Å²) in [5, 5.41) is 4.85. The molecule has 1 aromatic heterocycles. The molecule has 0 atom stereocenters. The summed E-state index contributed by atoms with van der Waals surface area (Å²) < 4.78 is 3.50. The molecule has 2 aromatic rings. The van der Waals surface area contributed by atoms with Crippen LogP contribution in [0, 0.1) is 0 Å². The van der Waals surface area contributed by atoms with Crippen molar-refractivity contribution in [1.82, 2.24) is 9.78 Å². The number of nitrogen functional groups attached to an aromatic ring is 1. The van der Waals surface area contributed by atoms with Crippen molar-refractivity contribution in [2.45, 2.75) is 6.54 Å². The quantitative estimate of drug-likeness (QED) is 0.882. The van der Waals surface area contributed by atoms with Gasteiger partial charge in [-0.05, 0) is 33.6 Å². The van der Waals surface area contributed by atoms with Crippen molar-refractivity contribution in [3.63, 3.8) is 0 Å². The second kappa shape index (κ2) is 4.77. The molecular weight excluding hydrogens is 357 g/mol. The van der Waals surface area contributed by atoms with Crippen molar-refractivity contribution in [3.8, 4) is 0 Å².